The van der Waals surface area contributed by atoms with Gasteiger partial charge in [0.1, 0.15) is 18.1 Å². The topological polar surface area (TPSA) is 35.5 Å². The molecule has 132 valence electrons. The van der Waals surface area contributed by atoms with Crippen LogP contribution in [0.1, 0.15) is 22.8 Å². The van der Waals surface area contributed by atoms with Gasteiger partial charge in [0.2, 0.25) is 0 Å². The molecule has 0 aliphatic rings. The molecular weight excluding hydrogens is 343 g/mol. The number of benzene rings is 3. The molecule has 0 saturated heterocycles. The Morgan fingerprint density at radius 1 is 0.923 bits per heavy atom. The number of Topliss-reactive ketones (excluding diaryl/α,β-unsaturated/α-hetero) is 1. The van der Waals surface area contributed by atoms with Crippen LogP contribution in [0.4, 0.5) is 0 Å². The molecule has 0 aliphatic carbocycles. The summed E-state index contributed by atoms with van der Waals surface area (Å²) in [4.78, 5) is 11.9. The largest absolute Gasteiger partial charge is 0.497 e. The highest BCUT2D eigenvalue weighted by Gasteiger charge is 2.12. The zero-order chi connectivity index (χ0) is 18.4. The third kappa shape index (κ3) is 4.50. The van der Waals surface area contributed by atoms with Crippen molar-refractivity contribution in [3.05, 3.63) is 83.9 Å². The first kappa shape index (κ1) is 18.2. The highest BCUT2D eigenvalue weighted by molar-refractivity contribution is 7.56. The number of carbonyl (C=O) groups is 1. The van der Waals surface area contributed by atoms with Crippen molar-refractivity contribution >= 4 is 25.0 Å². The van der Waals surface area contributed by atoms with Crippen LogP contribution in [0.3, 0.4) is 0 Å². The Bertz CT molecular complexity index is 891. The lowest BCUT2D eigenvalue weighted by molar-refractivity contribution is 0.101. The predicted molar refractivity (Wildman–Crippen MR) is 108 cm³/mol. The predicted octanol–water partition coefficient (Wildman–Crippen LogP) is 4.11. The number of hydrogen-bond acceptors (Lipinski definition) is 3. The third-order valence-corrected chi connectivity index (χ3v) is 5.37. The molecule has 0 heterocycles. The molecule has 0 saturated carbocycles. The number of hydrogen-bond donors (Lipinski definition) is 0. The maximum Gasteiger partial charge on any atom is 0.160 e. The Balaban J connectivity index is 1.88. The van der Waals surface area contributed by atoms with E-state index in [0.717, 1.165) is 33.2 Å². The van der Waals surface area contributed by atoms with Gasteiger partial charge in [-0.2, -0.15) is 0 Å². The number of methoxy groups -OCH3 is 1. The van der Waals surface area contributed by atoms with Gasteiger partial charge in [0.25, 0.3) is 0 Å². The fourth-order valence-electron chi connectivity index (χ4n) is 2.64. The summed E-state index contributed by atoms with van der Waals surface area (Å²) in [5, 5.41) is 2.03. The van der Waals surface area contributed by atoms with E-state index in [9.17, 15) is 4.79 Å². The number of ether oxygens (including phenoxy) is 2. The van der Waals surface area contributed by atoms with E-state index in [-0.39, 0.29) is 5.78 Å². The second-order valence-electron chi connectivity index (χ2n) is 5.86. The van der Waals surface area contributed by atoms with Crippen molar-refractivity contribution in [3.63, 3.8) is 0 Å². The van der Waals surface area contributed by atoms with E-state index in [0.29, 0.717) is 15.2 Å². The van der Waals surface area contributed by atoms with Crippen LogP contribution in [-0.4, -0.2) is 12.9 Å². The van der Waals surface area contributed by atoms with Gasteiger partial charge in [-0.25, -0.2) is 0 Å². The van der Waals surface area contributed by atoms with Crippen LogP contribution in [0.2, 0.25) is 0 Å². The molecule has 1 atom stereocenters. The molecule has 4 heteroatoms. The highest BCUT2D eigenvalue weighted by Crippen LogP contribution is 2.25. The molecule has 3 nitrogen and oxygen atoms in total. The number of carbonyl (C=O) groups excluding carboxylic acids is 1. The zero-order valence-electron chi connectivity index (χ0n) is 14.9. The van der Waals surface area contributed by atoms with Gasteiger partial charge in [-0.15, -0.1) is 0 Å². The van der Waals surface area contributed by atoms with E-state index in [4.69, 9.17) is 9.47 Å². The summed E-state index contributed by atoms with van der Waals surface area (Å²) in [6, 6.07) is 23.6. The maximum absolute atomic E-state index is 11.9. The summed E-state index contributed by atoms with van der Waals surface area (Å²) in [6.07, 6.45) is 0. The van der Waals surface area contributed by atoms with E-state index in [2.05, 4.69) is 0 Å². The average molecular weight is 364 g/mol. The standard InChI is InChI=1S/C22H21O3P/c1-16(23)19-10-6-7-11-21(19)26-22-14-18(24-2)12-13-20(22)25-15-17-8-4-3-5-9-17/h3-14,26H,15H2,1-2H3. The average Bonchev–Trinajstić information content (AvgIpc) is 2.68. The van der Waals surface area contributed by atoms with Gasteiger partial charge in [0, 0.05) is 10.9 Å². The Hall–Kier alpha value is -2.64. The second-order valence-corrected chi connectivity index (χ2v) is 7.19. The van der Waals surface area contributed by atoms with Gasteiger partial charge < -0.3 is 9.47 Å². The quantitative estimate of drug-likeness (QED) is 0.468. The van der Waals surface area contributed by atoms with Gasteiger partial charge in [0.05, 0.1) is 7.11 Å². The summed E-state index contributed by atoms with van der Waals surface area (Å²) in [6.45, 7) is 2.10. The monoisotopic (exact) mass is 364 g/mol. The van der Waals surface area contributed by atoms with Crippen molar-refractivity contribution in [1.82, 2.24) is 0 Å². The molecule has 0 N–H and O–H groups in total. The summed E-state index contributed by atoms with van der Waals surface area (Å²) in [7, 11) is 1.96. The van der Waals surface area contributed by atoms with Crippen LogP contribution in [-0.2, 0) is 6.61 Å². The lowest BCUT2D eigenvalue weighted by atomic mass is 10.1. The van der Waals surface area contributed by atoms with Crippen LogP contribution < -0.4 is 20.1 Å². The second kappa shape index (κ2) is 8.64. The van der Waals surface area contributed by atoms with Crippen molar-refractivity contribution in [2.75, 3.05) is 7.11 Å². The van der Waals surface area contributed by atoms with Crippen LogP contribution in [0.25, 0.3) is 0 Å². The van der Waals surface area contributed by atoms with Crippen LogP contribution in [0, 0.1) is 0 Å². The van der Waals surface area contributed by atoms with E-state index in [1.54, 1.807) is 14.0 Å². The number of ketones is 1. The number of rotatable bonds is 7. The van der Waals surface area contributed by atoms with Crippen molar-refractivity contribution in [2.24, 2.45) is 0 Å². The lowest BCUT2D eigenvalue weighted by Gasteiger charge is -2.14. The Morgan fingerprint density at radius 3 is 2.38 bits per heavy atom. The zero-order valence-corrected chi connectivity index (χ0v) is 15.9. The fourth-order valence-corrected chi connectivity index (χ4v) is 4.00. The molecule has 0 bridgehead atoms. The molecule has 0 aromatic heterocycles. The lowest BCUT2D eigenvalue weighted by Crippen LogP contribution is -2.14. The van der Waals surface area contributed by atoms with Gasteiger partial charge in [-0.3, -0.25) is 4.79 Å². The molecule has 0 spiro atoms. The molecule has 0 amide bonds. The van der Waals surface area contributed by atoms with Gasteiger partial charge in [-0.05, 0) is 36.0 Å². The fraction of sp³-hybridized carbons (Fsp3) is 0.136. The molecule has 3 rings (SSSR count). The molecule has 1 unspecified atom stereocenters. The third-order valence-electron chi connectivity index (χ3n) is 4.00. The van der Waals surface area contributed by atoms with Crippen LogP contribution in [0.5, 0.6) is 11.5 Å². The van der Waals surface area contributed by atoms with Crippen LogP contribution >= 0.6 is 8.58 Å². The molecule has 3 aromatic carbocycles. The van der Waals surface area contributed by atoms with E-state index in [1.165, 1.54) is 0 Å². The molecule has 0 aliphatic heterocycles. The molecule has 3 aromatic rings. The normalized spacial score (nSPS) is 10.8. The summed E-state index contributed by atoms with van der Waals surface area (Å²) in [5.41, 5.74) is 1.87. The van der Waals surface area contributed by atoms with Crippen molar-refractivity contribution in [3.8, 4) is 11.5 Å². The van der Waals surface area contributed by atoms with Crippen molar-refractivity contribution in [2.45, 2.75) is 13.5 Å². The first-order valence-corrected chi connectivity index (χ1v) is 9.39. The minimum Gasteiger partial charge on any atom is -0.497 e. The minimum absolute atomic E-state index is 0.0720. The van der Waals surface area contributed by atoms with Gasteiger partial charge in [-0.1, -0.05) is 63.2 Å². The first-order valence-electron chi connectivity index (χ1n) is 8.39. The molecular formula is C22H21O3P. The van der Waals surface area contributed by atoms with Crippen molar-refractivity contribution < 1.29 is 14.3 Å². The minimum atomic E-state index is 0.0720. The van der Waals surface area contributed by atoms with E-state index >= 15 is 0 Å². The highest BCUT2D eigenvalue weighted by atomic mass is 31.1. The van der Waals surface area contributed by atoms with E-state index in [1.807, 2.05) is 72.8 Å². The molecule has 0 fully saturated rings. The summed E-state index contributed by atoms with van der Waals surface area (Å²) >= 11 is 0. The van der Waals surface area contributed by atoms with Crippen molar-refractivity contribution in [1.29, 1.82) is 0 Å². The SMILES string of the molecule is COc1ccc(OCc2ccccc2)c(Pc2ccccc2C(C)=O)c1. The molecule has 0 radical (unpaired) electrons. The van der Waals surface area contributed by atoms with Gasteiger partial charge in [0.15, 0.2) is 5.78 Å². The smallest absolute Gasteiger partial charge is 0.160 e. The Morgan fingerprint density at radius 2 is 1.65 bits per heavy atom. The Kier molecular flexibility index (Phi) is 6.04. The van der Waals surface area contributed by atoms with E-state index < -0.39 is 0 Å². The summed E-state index contributed by atoms with van der Waals surface area (Å²) in [5.74, 6) is 1.66. The molecule has 26 heavy (non-hydrogen) atoms. The maximum atomic E-state index is 11.9. The summed E-state index contributed by atoms with van der Waals surface area (Å²) < 4.78 is 11.4. The Labute approximate surface area is 155 Å². The van der Waals surface area contributed by atoms with Crippen LogP contribution in [0.15, 0.2) is 72.8 Å². The van der Waals surface area contributed by atoms with Gasteiger partial charge >= 0.3 is 0 Å². The first-order chi connectivity index (χ1) is 12.7.